The number of carbonyl (C=O) groups excluding carboxylic acids is 1. The highest BCUT2D eigenvalue weighted by Gasteiger charge is 2.18. The summed E-state index contributed by atoms with van der Waals surface area (Å²) in [5.74, 6) is -1.41. The summed E-state index contributed by atoms with van der Waals surface area (Å²) in [5.41, 5.74) is 0.354. The van der Waals surface area contributed by atoms with E-state index in [9.17, 15) is 9.18 Å². The Morgan fingerprint density at radius 1 is 1.29 bits per heavy atom. The van der Waals surface area contributed by atoms with Crippen LogP contribution in [0.15, 0.2) is 30.3 Å². The molecule has 0 heterocycles. The van der Waals surface area contributed by atoms with Crippen LogP contribution < -0.4 is 4.74 Å². The van der Waals surface area contributed by atoms with Crippen molar-refractivity contribution >= 4 is 29.2 Å². The van der Waals surface area contributed by atoms with Crippen LogP contribution in [-0.4, -0.2) is 12.6 Å². The molecule has 2 aromatic carbocycles. The van der Waals surface area contributed by atoms with Gasteiger partial charge in [-0.25, -0.2) is 4.39 Å². The molecule has 124 valence electrons. The molecule has 0 radical (unpaired) electrons. The second-order valence-corrected chi connectivity index (χ2v) is 5.56. The van der Waals surface area contributed by atoms with Crippen molar-refractivity contribution in [3.63, 3.8) is 0 Å². The zero-order chi connectivity index (χ0) is 17.7. The van der Waals surface area contributed by atoms with Crippen molar-refractivity contribution in [2.45, 2.75) is 13.3 Å². The molecule has 0 saturated carbocycles. The number of halogens is 3. The van der Waals surface area contributed by atoms with Gasteiger partial charge in [0.25, 0.3) is 0 Å². The molecule has 2 aromatic rings. The first-order valence-electron chi connectivity index (χ1n) is 6.95. The maximum Gasteiger partial charge on any atom is 0.310 e. The van der Waals surface area contributed by atoms with Gasteiger partial charge >= 0.3 is 5.97 Å². The van der Waals surface area contributed by atoms with Gasteiger partial charge in [-0.2, -0.15) is 5.26 Å². The van der Waals surface area contributed by atoms with Crippen molar-refractivity contribution in [3.05, 3.63) is 57.3 Å². The number of rotatable bonds is 5. The van der Waals surface area contributed by atoms with Crippen LogP contribution in [0.1, 0.15) is 18.1 Å². The van der Waals surface area contributed by atoms with Crippen LogP contribution in [0.4, 0.5) is 4.39 Å². The molecule has 0 N–H and O–H groups in total. The first-order valence-corrected chi connectivity index (χ1v) is 7.71. The molecule has 7 heteroatoms. The second kappa shape index (κ2) is 8.00. The summed E-state index contributed by atoms with van der Waals surface area (Å²) in [6.07, 6.45) is -0.244. The lowest BCUT2D eigenvalue weighted by atomic mass is 10.1. The predicted molar refractivity (Wildman–Crippen MR) is 88.0 cm³/mol. The Morgan fingerprint density at radius 3 is 2.71 bits per heavy atom. The van der Waals surface area contributed by atoms with E-state index in [-0.39, 0.29) is 45.7 Å². The normalized spacial score (nSPS) is 10.1. The summed E-state index contributed by atoms with van der Waals surface area (Å²) in [6, 6.07) is 9.01. The summed E-state index contributed by atoms with van der Waals surface area (Å²) in [7, 11) is 0. The van der Waals surface area contributed by atoms with E-state index in [0.29, 0.717) is 0 Å². The van der Waals surface area contributed by atoms with E-state index < -0.39 is 11.8 Å². The average molecular weight is 368 g/mol. The quantitative estimate of drug-likeness (QED) is 0.705. The van der Waals surface area contributed by atoms with E-state index in [1.165, 1.54) is 30.3 Å². The standard InChI is InChI=1S/C17H12Cl2FNO3/c1-2-23-15(22)7-11-3-4-14(19)17(16(11)20)24-13-6-10(9-21)5-12(18)8-13/h3-6,8H,2,7H2,1H3. The Hall–Kier alpha value is -2.29. The van der Waals surface area contributed by atoms with Crippen LogP contribution in [0.2, 0.25) is 10.0 Å². The summed E-state index contributed by atoms with van der Waals surface area (Å²) in [6.45, 7) is 1.87. The molecular weight excluding hydrogens is 356 g/mol. The van der Waals surface area contributed by atoms with E-state index in [0.717, 1.165) is 0 Å². The molecule has 0 amide bonds. The number of hydrogen-bond acceptors (Lipinski definition) is 4. The third kappa shape index (κ3) is 4.38. The van der Waals surface area contributed by atoms with Gasteiger partial charge in [-0.05, 0) is 31.2 Å². The number of carbonyl (C=O) groups is 1. The highest BCUT2D eigenvalue weighted by Crippen LogP contribution is 2.35. The molecule has 0 fully saturated rings. The first-order chi connectivity index (χ1) is 11.4. The van der Waals surface area contributed by atoms with Gasteiger partial charge in [-0.15, -0.1) is 0 Å². The SMILES string of the molecule is CCOC(=O)Cc1ccc(Cl)c(Oc2cc(Cl)cc(C#N)c2)c1F. The van der Waals surface area contributed by atoms with E-state index in [1.54, 1.807) is 6.92 Å². The summed E-state index contributed by atoms with van der Waals surface area (Å²) in [5, 5.41) is 9.23. The lowest BCUT2D eigenvalue weighted by Crippen LogP contribution is -2.09. The van der Waals surface area contributed by atoms with E-state index in [2.05, 4.69) is 0 Å². The van der Waals surface area contributed by atoms with Crippen LogP contribution in [0.5, 0.6) is 11.5 Å². The molecule has 0 spiro atoms. The van der Waals surface area contributed by atoms with Crippen molar-refractivity contribution < 1.29 is 18.7 Å². The zero-order valence-electron chi connectivity index (χ0n) is 12.6. The molecule has 24 heavy (non-hydrogen) atoms. The molecular formula is C17H12Cl2FNO3. The minimum atomic E-state index is -0.769. The van der Waals surface area contributed by atoms with Crippen LogP contribution in [0, 0.1) is 17.1 Å². The van der Waals surface area contributed by atoms with Crippen molar-refractivity contribution in [2.24, 2.45) is 0 Å². The lowest BCUT2D eigenvalue weighted by molar-refractivity contribution is -0.142. The maximum atomic E-state index is 14.6. The first kappa shape index (κ1) is 18.1. The topological polar surface area (TPSA) is 59.3 Å². The molecule has 0 unspecified atom stereocenters. The van der Waals surface area contributed by atoms with Gasteiger partial charge in [0.1, 0.15) is 5.75 Å². The van der Waals surface area contributed by atoms with Gasteiger partial charge in [-0.3, -0.25) is 4.79 Å². The molecule has 0 aliphatic heterocycles. The van der Waals surface area contributed by atoms with Crippen LogP contribution >= 0.6 is 23.2 Å². The summed E-state index contributed by atoms with van der Waals surface area (Å²) >= 11 is 11.9. The van der Waals surface area contributed by atoms with E-state index in [4.69, 9.17) is 37.9 Å². The van der Waals surface area contributed by atoms with Gasteiger partial charge in [-0.1, -0.05) is 29.3 Å². The van der Waals surface area contributed by atoms with E-state index >= 15 is 0 Å². The monoisotopic (exact) mass is 367 g/mol. The number of nitrogens with zero attached hydrogens (tertiary/aromatic N) is 1. The van der Waals surface area contributed by atoms with Gasteiger partial charge in [0, 0.05) is 10.6 Å². The van der Waals surface area contributed by atoms with Crippen LogP contribution in [-0.2, 0) is 16.0 Å². The van der Waals surface area contributed by atoms with Gasteiger partial charge in [0.05, 0.1) is 29.7 Å². The number of nitriles is 1. The highest BCUT2D eigenvalue weighted by molar-refractivity contribution is 6.32. The fourth-order valence-corrected chi connectivity index (χ4v) is 2.38. The molecule has 4 nitrogen and oxygen atoms in total. The van der Waals surface area contributed by atoms with Crippen molar-refractivity contribution in [1.82, 2.24) is 0 Å². The fraction of sp³-hybridized carbons (Fsp3) is 0.176. The highest BCUT2D eigenvalue weighted by atomic mass is 35.5. The Morgan fingerprint density at radius 2 is 2.04 bits per heavy atom. The van der Waals surface area contributed by atoms with Crippen LogP contribution in [0.25, 0.3) is 0 Å². The third-order valence-electron chi connectivity index (χ3n) is 2.99. The van der Waals surface area contributed by atoms with Crippen molar-refractivity contribution in [3.8, 4) is 17.6 Å². The predicted octanol–water partition coefficient (Wildman–Crippen LogP) is 4.90. The Labute approximate surface area is 148 Å². The van der Waals surface area contributed by atoms with Crippen molar-refractivity contribution in [1.29, 1.82) is 5.26 Å². The number of benzene rings is 2. The van der Waals surface area contributed by atoms with Gasteiger partial charge in [0.2, 0.25) is 0 Å². The number of ether oxygens (including phenoxy) is 2. The van der Waals surface area contributed by atoms with E-state index in [1.807, 2.05) is 6.07 Å². The van der Waals surface area contributed by atoms with Gasteiger partial charge in [0.15, 0.2) is 11.6 Å². The summed E-state index contributed by atoms with van der Waals surface area (Å²) < 4.78 is 24.8. The Bertz CT molecular complexity index is 818. The molecule has 0 bridgehead atoms. The molecule has 0 atom stereocenters. The molecule has 0 aliphatic carbocycles. The van der Waals surface area contributed by atoms with Crippen LogP contribution in [0.3, 0.4) is 0 Å². The Balaban J connectivity index is 2.35. The molecule has 0 aromatic heterocycles. The minimum Gasteiger partial charge on any atom is -0.466 e. The maximum absolute atomic E-state index is 14.6. The number of hydrogen-bond donors (Lipinski definition) is 0. The second-order valence-electron chi connectivity index (χ2n) is 4.72. The smallest absolute Gasteiger partial charge is 0.310 e. The zero-order valence-corrected chi connectivity index (χ0v) is 14.1. The average Bonchev–Trinajstić information content (AvgIpc) is 2.54. The van der Waals surface area contributed by atoms with Gasteiger partial charge < -0.3 is 9.47 Å². The summed E-state index contributed by atoms with van der Waals surface area (Å²) in [4.78, 5) is 11.5. The molecule has 0 aliphatic rings. The Kier molecular flexibility index (Phi) is 6.02. The lowest BCUT2D eigenvalue weighted by Gasteiger charge is -2.12. The van der Waals surface area contributed by atoms with Crippen molar-refractivity contribution in [2.75, 3.05) is 6.61 Å². The minimum absolute atomic E-state index is 0.0265. The molecule has 0 saturated heterocycles. The fourth-order valence-electron chi connectivity index (χ4n) is 1.97. The largest absolute Gasteiger partial charge is 0.466 e. The number of esters is 1. The molecule has 2 rings (SSSR count). The third-order valence-corrected chi connectivity index (χ3v) is 3.51.